The highest BCUT2D eigenvalue weighted by Gasteiger charge is 1.92. The van der Waals surface area contributed by atoms with E-state index in [1.807, 2.05) is 0 Å². The lowest BCUT2D eigenvalue weighted by molar-refractivity contribution is -0.106. The molecule has 1 aromatic rings. The molecule has 0 amide bonds. The van der Waals surface area contributed by atoms with Gasteiger partial charge in [0.15, 0.2) is 0 Å². The fraction of sp³-hybridized carbons (Fsp3) is 0.417. The summed E-state index contributed by atoms with van der Waals surface area (Å²) in [7, 11) is 4.17. The lowest BCUT2D eigenvalue weighted by Gasteiger charge is -2.08. The summed E-state index contributed by atoms with van der Waals surface area (Å²) in [6.07, 6.45) is 0.750. The Morgan fingerprint density at radius 1 is 1.21 bits per heavy atom. The van der Waals surface area contributed by atoms with E-state index in [1.165, 1.54) is 18.1 Å². The number of carbonyl (C=O) groups is 1. The van der Waals surface area contributed by atoms with Crippen LogP contribution < -0.4 is 0 Å². The summed E-state index contributed by atoms with van der Waals surface area (Å²) >= 11 is 0. The van der Waals surface area contributed by atoms with Crippen LogP contribution >= 0.6 is 0 Å². The molecule has 0 aliphatic carbocycles. The average molecular weight is 193 g/mol. The van der Waals surface area contributed by atoms with Crippen LogP contribution in [0.15, 0.2) is 24.3 Å². The van der Waals surface area contributed by atoms with Crippen molar-refractivity contribution in [2.24, 2.45) is 0 Å². The van der Waals surface area contributed by atoms with E-state index in [2.05, 4.69) is 50.2 Å². The molecule has 2 heteroatoms. The summed E-state index contributed by atoms with van der Waals surface area (Å²) in [5, 5.41) is 0. The highest BCUT2D eigenvalue weighted by molar-refractivity contribution is 5.44. The zero-order chi connectivity index (χ0) is 11.0. The Hall–Kier alpha value is -1.15. The number of carbonyl (C=O) groups excluding carboxylic acids is 1. The number of rotatable bonds is 2. The first-order chi connectivity index (χ1) is 6.60. The third-order valence-electron chi connectivity index (χ3n) is 1.62. The summed E-state index contributed by atoms with van der Waals surface area (Å²) in [6.45, 7) is 4.58. The molecule has 0 bridgehead atoms. The van der Waals surface area contributed by atoms with Gasteiger partial charge >= 0.3 is 0 Å². The van der Waals surface area contributed by atoms with Crippen LogP contribution in [0, 0.1) is 6.92 Å². The second kappa shape index (κ2) is 7.27. The zero-order valence-electron chi connectivity index (χ0n) is 9.45. The van der Waals surface area contributed by atoms with Gasteiger partial charge in [-0.25, -0.2) is 0 Å². The Labute approximate surface area is 86.5 Å². The Kier molecular flexibility index (Phi) is 6.68. The number of aldehydes is 1. The molecule has 0 unspecified atom stereocenters. The molecule has 1 aromatic carbocycles. The van der Waals surface area contributed by atoms with Crippen molar-refractivity contribution in [3.8, 4) is 0 Å². The number of aryl methyl sites for hydroxylation is 1. The molecule has 0 fully saturated rings. The van der Waals surface area contributed by atoms with Crippen LogP contribution in [-0.2, 0) is 11.3 Å². The van der Waals surface area contributed by atoms with Crippen LogP contribution in [0.5, 0.6) is 0 Å². The number of hydrogen-bond acceptors (Lipinski definition) is 2. The monoisotopic (exact) mass is 193 g/mol. The first-order valence-corrected chi connectivity index (χ1v) is 4.70. The van der Waals surface area contributed by atoms with Crippen molar-refractivity contribution in [1.82, 2.24) is 4.90 Å². The molecule has 0 radical (unpaired) electrons. The molecular weight excluding hydrogens is 174 g/mol. The molecule has 2 nitrogen and oxygen atoms in total. The van der Waals surface area contributed by atoms with Gasteiger partial charge < -0.3 is 9.69 Å². The van der Waals surface area contributed by atoms with E-state index in [1.54, 1.807) is 0 Å². The fourth-order valence-corrected chi connectivity index (χ4v) is 1.06. The second-order valence-electron chi connectivity index (χ2n) is 3.46. The summed E-state index contributed by atoms with van der Waals surface area (Å²) < 4.78 is 0. The maximum Gasteiger partial charge on any atom is 0.116 e. The Morgan fingerprint density at radius 2 is 1.64 bits per heavy atom. The molecule has 78 valence electrons. The van der Waals surface area contributed by atoms with Crippen LogP contribution in [0.1, 0.15) is 18.1 Å². The van der Waals surface area contributed by atoms with E-state index in [4.69, 9.17) is 4.79 Å². The highest BCUT2D eigenvalue weighted by atomic mass is 16.1. The van der Waals surface area contributed by atoms with Crippen molar-refractivity contribution in [3.05, 3.63) is 35.4 Å². The van der Waals surface area contributed by atoms with Crippen molar-refractivity contribution in [1.29, 1.82) is 0 Å². The molecule has 14 heavy (non-hydrogen) atoms. The summed E-state index contributed by atoms with van der Waals surface area (Å²) in [6, 6.07) is 8.66. The number of nitrogens with zero attached hydrogens (tertiary/aromatic N) is 1. The van der Waals surface area contributed by atoms with Crippen LogP contribution in [0.25, 0.3) is 0 Å². The van der Waals surface area contributed by atoms with Gasteiger partial charge in [-0.2, -0.15) is 0 Å². The van der Waals surface area contributed by atoms with Crippen molar-refractivity contribution in [2.45, 2.75) is 20.4 Å². The summed E-state index contributed by atoms with van der Waals surface area (Å²) in [5.74, 6) is 0. The molecule has 0 aliphatic rings. The van der Waals surface area contributed by atoms with Gasteiger partial charge in [-0.1, -0.05) is 29.8 Å². The van der Waals surface area contributed by atoms with Crippen LogP contribution in [-0.4, -0.2) is 25.3 Å². The van der Waals surface area contributed by atoms with Crippen LogP contribution in [0.3, 0.4) is 0 Å². The molecule has 0 saturated carbocycles. The predicted molar refractivity (Wildman–Crippen MR) is 60.3 cm³/mol. The zero-order valence-corrected chi connectivity index (χ0v) is 9.45. The molecule has 0 spiro atoms. The minimum atomic E-state index is 0.750. The topological polar surface area (TPSA) is 20.3 Å². The van der Waals surface area contributed by atoms with Crippen molar-refractivity contribution < 1.29 is 4.79 Å². The molecule has 0 heterocycles. The molecule has 0 saturated heterocycles. The number of benzene rings is 1. The van der Waals surface area contributed by atoms with Gasteiger partial charge in [-0.15, -0.1) is 0 Å². The minimum Gasteiger partial charge on any atom is -0.305 e. The standard InChI is InChI=1S/C10H15N.C2H4O/c1-9-4-6-10(7-5-9)8-11(2)3;1-2-3/h4-7H,8H2,1-3H3;2H,1H3. The van der Waals surface area contributed by atoms with Gasteiger partial charge in [0.05, 0.1) is 0 Å². The smallest absolute Gasteiger partial charge is 0.116 e. The Balaban J connectivity index is 0.000000500. The van der Waals surface area contributed by atoms with E-state index in [-0.39, 0.29) is 0 Å². The lowest BCUT2D eigenvalue weighted by atomic mass is 10.1. The average Bonchev–Trinajstić information content (AvgIpc) is 2.09. The summed E-state index contributed by atoms with van der Waals surface area (Å²) in [5.41, 5.74) is 2.70. The first-order valence-electron chi connectivity index (χ1n) is 4.70. The van der Waals surface area contributed by atoms with E-state index < -0.39 is 0 Å². The Bertz CT molecular complexity index is 252. The molecule has 0 aliphatic heterocycles. The van der Waals surface area contributed by atoms with Gasteiger partial charge in [0.25, 0.3) is 0 Å². The van der Waals surface area contributed by atoms with Gasteiger partial charge in [0.2, 0.25) is 0 Å². The Morgan fingerprint density at radius 3 is 2.00 bits per heavy atom. The second-order valence-corrected chi connectivity index (χ2v) is 3.46. The quantitative estimate of drug-likeness (QED) is 0.671. The first kappa shape index (κ1) is 12.8. The van der Waals surface area contributed by atoms with E-state index in [9.17, 15) is 0 Å². The number of hydrogen-bond donors (Lipinski definition) is 0. The SMILES string of the molecule is CC=O.Cc1ccc(CN(C)C)cc1. The van der Waals surface area contributed by atoms with Gasteiger partial charge in [0, 0.05) is 6.54 Å². The van der Waals surface area contributed by atoms with Gasteiger partial charge in [-0.3, -0.25) is 0 Å². The molecular formula is C12H19NO. The predicted octanol–water partition coefficient (Wildman–Crippen LogP) is 2.26. The van der Waals surface area contributed by atoms with Crippen molar-refractivity contribution in [2.75, 3.05) is 14.1 Å². The van der Waals surface area contributed by atoms with Crippen LogP contribution in [0.2, 0.25) is 0 Å². The minimum absolute atomic E-state index is 0.750. The highest BCUT2D eigenvalue weighted by Crippen LogP contribution is 2.04. The van der Waals surface area contributed by atoms with E-state index in [0.717, 1.165) is 12.8 Å². The third kappa shape index (κ3) is 6.38. The van der Waals surface area contributed by atoms with Crippen LogP contribution in [0.4, 0.5) is 0 Å². The maximum absolute atomic E-state index is 8.81. The molecule has 0 aromatic heterocycles. The normalized spacial score (nSPS) is 9.21. The largest absolute Gasteiger partial charge is 0.305 e. The summed E-state index contributed by atoms with van der Waals surface area (Å²) in [4.78, 5) is 11.0. The third-order valence-corrected chi connectivity index (χ3v) is 1.62. The van der Waals surface area contributed by atoms with Gasteiger partial charge in [0.1, 0.15) is 6.29 Å². The van der Waals surface area contributed by atoms with E-state index >= 15 is 0 Å². The fourth-order valence-electron chi connectivity index (χ4n) is 1.06. The van der Waals surface area contributed by atoms with Gasteiger partial charge in [-0.05, 0) is 33.5 Å². The van der Waals surface area contributed by atoms with Crippen molar-refractivity contribution in [3.63, 3.8) is 0 Å². The molecule has 0 N–H and O–H groups in total. The molecule has 0 atom stereocenters. The van der Waals surface area contributed by atoms with Crippen molar-refractivity contribution >= 4 is 6.29 Å². The molecule has 1 rings (SSSR count). The maximum atomic E-state index is 8.81. The van der Waals surface area contributed by atoms with E-state index in [0.29, 0.717) is 0 Å². The lowest BCUT2D eigenvalue weighted by Crippen LogP contribution is -2.10.